The summed E-state index contributed by atoms with van der Waals surface area (Å²) in [5.41, 5.74) is 1.11. The number of ether oxygens (including phenoxy) is 2. The summed E-state index contributed by atoms with van der Waals surface area (Å²) in [7, 11) is 0. The number of rotatable bonds is 0. The second-order valence-electron chi connectivity index (χ2n) is 5.43. The zero-order chi connectivity index (χ0) is 16.3. The molecule has 24 heavy (non-hydrogen) atoms. The van der Waals surface area contributed by atoms with Gasteiger partial charge in [0.25, 0.3) is 11.0 Å². The van der Waals surface area contributed by atoms with E-state index < -0.39 is 0 Å². The van der Waals surface area contributed by atoms with Gasteiger partial charge in [-0.2, -0.15) is 4.74 Å². The van der Waals surface area contributed by atoms with Crippen molar-refractivity contribution in [1.29, 1.82) is 0 Å². The van der Waals surface area contributed by atoms with E-state index in [-0.39, 0.29) is 10.8 Å². The molecule has 0 saturated carbocycles. The Kier molecular flexibility index (Phi) is 2.64. The molecular formula is C18H9ClN2O3. The van der Waals surface area contributed by atoms with Crippen LogP contribution in [0.4, 0.5) is 11.4 Å². The third-order valence-electron chi connectivity index (χ3n) is 3.97. The predicted molar refractivity (Wildman–Crippen MR) is 89.2 cm³/mol. The maximum atomic E-state index is 12.7. The Bertz CT molecular complexity index is 1140. The first kappa shape index (κ1) is 13.4. The van der Waals surface area contributed by atoms with Crippen LogP contribution in [0, 0.1) is 5.21 Å². The van der Waals surface area contributed by atoms with Crippen molar-refractivity contribution in [3.8, 4) is 23.0 Å². The number of para-hydroxylation sites is 4. The molecule has 5 nitrogen and oxygen atoms in total. The molecule has 3 aromatic carbocycles. The van der Waals surface area contributed by atoms with Gasteiger partial charge < -0.3 is 14.7 Å². The van der Waals surface area contributed by atoms with Crippen LogP contribution in [0.15, 0.2) is 59.6 Å². The summed E-state index contributed by atoms with van der Waals surface area (Å²) in [5, 5.41) is 13.7. The fourth-order valence-electron chi connectivity index (χ4n) is 2.84. The summed E-state index contributed by atoms with van der Waals surface area (Å²) in [6.45, 7) is 0. The number of hydrogen-bond donors (Lipinski definition) is 0. The normalized spacial score (nSPS) is 13.5. The lowest BCUT2D eigenvalue weighted by atomic mass is 10.2. The molecule has 0 fully saturated rings. The van der Waals surface area contributed by atoms with Crippen molar-refractivity contribution < 1.29 is 9.47 Å². The third-order valence-corrected chi connectivity index (χ3v) is 4.32. The lowest BCUT2D eigenvalue weighted by Crippen LogP contribution is -2.29. The Balaban J connectivity index is 1.86. The summed E-state index contributed by atoms with van der Waals surface area (Å²) < 4.78 is 12.5. The van der Waals surface area contributed by atoms with Gasteiger partial charge in [0.1, 0.15) is 16.1 Å². The number of nitrogens with zero attached hydrogens (tertiary/aromatic N) is 2. The maximum Gasteiger partial charge on any atom is 0.265 e. The van der Waals surface area contributed by atoms with E-state index in [0.717, 1.165) is 4.74 Å². The molecule has 5 rings (SSSR count). The molecule has 0 spiro atoms. The number of halogens is 1. The van der Waals surface area contributed by atoms with Crippen LogP contribution in [0.25, 0.3) is 0 Å². The Hall–Kier alpha value is -3.05. The standard InChI is InChI=1S/C18H9ClN2O3/c19-16-17-15(23-13-7-3-1-5-10(13)20-17)9-12-18(16)24-14-8-4-2-6-11(14)21(12)22/h1-9H. The molecule has 0 radical (unpaired) electrons. The van der Waals surface area contributed by atoms with Crippen LogP contribution >= 0.6 is 11.6 Å². The Labute approximate surface area is 141 Å². The van der Waals surface area contributed by atoms with Crippen molar-refractivity contribution in [3.63, 3.8) is 0 Å². The zero-order valence-corrected chi connectivity index (χ0v) is 12.9. The van der Waals surface area contributed by atoms with Crippen molar-refractivity contribution >= 4 is 23.0 Å². The molecule has 0 bridgehead atoms. The summed E-state index contributed by atoms with van der Waals surface area (Å²) in [6, 6.07) is 16.0. The Morgan fingerprint density at radius 2 is 1.67 bits per heavy atom. The van der Waals surface area contributed by atoms with Crippen LogP contribution in [-0.2, 0) is 0 Å². The van der Waals surface area contributed by atoms with Crippen LogP contribution in [-0.4, -0.2) is 0 Å². The molecule has 0 atom stereocenters. The number of benzene rings is 3. The van der Waals surface area contributed by atoms with Gasteiger partial charge in [0.2, 0.25) is 5.75 Å². The van der Waals surface area contributed by atoms with E-state index in [0.29, 0.717) is 39.3 Å². The molecular weight excluding hydrogens is 328 g/mol. The first-order valence-electron chi connectivity index (χ1n) is 7.31. The average Bonchev–Trinajstić information content (AvgIpc) is 2.62. The molecule has 0 N–H and O–H groups in total. The molecule has 2 aliphatic heterocycles. The van der Waals surface area contributed by atoms with Gasteiger partial charge in [-0.1, -0.05) is 35.9 Å². The number of hydrogen-bond acceptors (Lipinski definition) is 4. The van der Waals surface area contributed by atoms with Crippen LogP contribution in [0.5, 0.6) is 23.0 Å². The summed E-state index contributed by atoms with van der Waals surface area (Å²) >= 11 is 6.48. The van der Waals surface area contributed by atoms with Crippen molar-refractivity contribution in [2.75, 3.05) is 0 Å². The molecule has 0 unspecified atom stereocenters. The van der Waals surface area contributed by atoms with Crippen LogP contribution in [0.1, 0.15) is 0 Å². The lowest BCUT2D eigenvalue weighted by Gasteiger charge is -2.19. The van der Waals surface area contributed by atoms with Crippen LogP contribution in [0.2, 0.25) is 5.02 Å². The van der Waals surface area contributed by atoms with E-state index in [1.165, 1.54) is 0 Å². The van der Waals surface area contributed by atoms with Crippen molar-refractivity contribution in [2.24, 2.45) is 4.99 Å². The van der Waals surface area contributed by atoms with Gasteiger partial charge in [0.05, 0.1) is 6.07 Å². The Morgan fingerprint density at radius 3 is 2.54 bits per heavy atom. The van der Waals surface area contributed by atoms with E-state index in [1.54, 1.807) is 30.3 Å². The molecule has 0 amide bonds. The summed E-state index contributed by atoms with van der Waals surface area (Å²) in [4.78, 5) is 4.54. The SMILES string of the molecule is [O-][N+]1=c2cc3c(c(Cl)c2Oc2ccccc21)=Nc1ccccc1O3. The van der Waals surface area contributed by atoms with Crippen LogP contribution in [0.3, 0.4) is 0 Å². The lowest BCUT2D eigenvalue weighted by molar-refractivity contribution is 0.443. The third kappa shape index (κ3) is 1.76. The van der Waals surface area contributed by atoms with Crippen molar-refractivity contribution in [3.05, 3.63) is 75.5 Å². The van der Waals surface area contributed by atoms with E-state index in [1.807, 2.05) is 24.3 Å². The van der Waals surface area contributed by atoms with Gasteiger partial charge in [-0.15, -0.1) is 0 Å². The van der Waals surface area contributed by atoms with Gasteiger partial charge in [-0.3, -0.25) is 0 Å². The molecule has 0 aliphatic carbocycles. The molecule has 6 heteroatoms. The first-order chi connectivity index (χ1) is 11.7. The smallest absolute Gasteiger partial charge is 0.265 e. The fourth-order valence-corrected chi connectivity index (χ4v) is 3.11. The molecule has 2 heterocycles. The second kappa shape index (κ2) is 4.72. The van der Waals surface area contributed by atoms with Crippen molar-refractivity contribution in [2.45, 2.75) is 0 Å². The topological polar surface area (TPSA) is 56.9 Å². The first-order valence-corrected chi connectivity index (χ1v) is 7.69. The van der Waals surface area contributed by atoms with E-state index in [9.17, 15) is 5.21 Å². The minimum atomic E-state index is 0.257. The molecule has 0 saturated heterocycles. The van der Waals surface area contributed by atoms with E-state index in [2.05, 4.69) is 4.99 Å². The van der Waals surface area contributed by atoms with Crippen LogP contribution < -0.4 is 24.9 Å². The monoisotopic (exact) mass is 336 g/mol. The second-order valence-corrected chi connectivity index (χ2v) is 5.81. The Morgan fingerprint density at radius 1 is 0.917 bits per heavy atom. The van der Waals surface area contributed by atoms with Gasteiger partial charge in [0.15, 0.2) is 17.2 Å². The fraction of sp³-hybridized carbons (Fsp3) is 0. The highest BCUT2D eigenvalue weighted by Gasteiger charge is 2.28. The molecule has 116 valence electrons. The molecule has 0 aromatic heterocycles. The summed E-state index contributed by atoms with van der Waals surface area (Å²) in [6.07, 6.45) is 0. The van der Waals surface area contributed by atoms with Gasteiger partial charge in [-0.05, 0) is 18.2 Å². The average molecular weight is 337 g/mol. The maximum absolute atomic E-state index is 12.7. The largest absolute Gasteiger partial charge is 0.618 e. The minimum absolute atomic E-state index is 0.257. The molecule has 2 aliphatic rings. The highest BCUT2D eigenvalue weighted by molar-refractivity contribution is 6.32. The summed E-state index contributed by atoms with van der Waals surface area (Å²) in [5.74, 6) is 1.80. The number of fused-ring (bicyclic) bond motifs is 4. The van der Waals surface area contributed by atoms with E-state index in [4.69, 9.17) is 21.1 Å². The zero-order valence-electron chi connectivity index (χ0n) is 12.2. The van der Waals surface area contributed by atoms with Crippen molar-refractivity contribution in [1.82, 2.24) is 4.74 Å². The quantitative estimate of drug-likeness (QED) is 0.362. The predicted octanol–water partition coefficient (Wildman–Crippen LogP) is 3.82. The molecule has 3 aromatic rings. The van der Waals surface area contributed by atoms with Gasteiger partial charge in [0, 0.05) is 6.07 Å². The van der Waals surface area contributed by atoms with E-state index >= 15 is 0 Å². The van der Waals surface area contributed by atoms with Gasteiger partial charge >= 0.3 is 0 Å². The highest BCUT2D eigenvalue weighted by atomic mass is 35.5. The van der Waals surface area contributed by atoms with Gasteiger partial charge in [-0.25, -0.2) is 4.99 Å². The minimum Gasteiger partial charge on any atom is -0.618 e. The highest BCUT2D eigenvalue weighted by Crippen LogP contribution is 2.38.